The van der Waals surface area contributed by atoms with Crippen molar-refractivity contribution >= 4 is 5.95 Å². The summed E-state index contributed by atoms with van der Waals surface area (Å²) in [5.74, 6) is 0.833. The molecule has 1 saturated heterocycles. The van der Waals surface area contributed by atoms with Gasteiger partial charge in [-0.1, -0.05) is 0 Å². The molecular weight excluding hydrogens is 214 g/mol. The van der Waals surface area contributed by atoms with E-state index in [0.29, 0.717) is 12.6 Å². The highest BCUT2D eigenvalue weighted by molar-refractivity contribution is 5.34. The van der Waals surface area contributed by atoms with E-state index in [9.17, 15) is 0 Å². The highest BCUT2D eigenvalue weighted by Gasteiger charge is 2.22. The molecule has 1 aliphatic heterocycles. The SMILES string of the molecule is Cc1nc(N2CCN(C)C(C)C2)ncc1CN. The number of piperazine rings is 1. The number of nitrogens with two attached hydrogens (primary N) is 1. The summed E-state index contributed by atoms with van der Waals surface area (Å²) in [7, 11) is 2.16. The normalized spacial score (nSPS) is 21.9. The van der Waals surface area contributed by atoms with Crippen LogP contribution in [0.15, 0.2) is 6.20 Å². The molecule has 1 fully saturated rings. The fourth-order valence-corrected chi connectivity index (χ4v) is 2.06. The van der Waals surface area contributed by atoms with Crippen molar-refractivity contribution < 1.29 is 0 Å². The number of aryl methyl sites for hydroxylation is 1. The maximum absolute atomic E-state index is 5.62. The van der Waals surface area contributed by atoms with Crippen molar-refractivity contribution in [3.8, 4) is 0 Å². The van der Waals surface area contributed by atoms with Crippen LogP contribution in [0.2, 0.25) is 0 Å². The molecule has 5 nitrogen and oxygen atoms in total. The Morgan fingerprint density at radius 1 is 1.47 bits per heavy atom. The fraction of sp³-hybridized carbons (Fsp3) is 0.667. The van der Waals surface area contributed by atoms with Gasteiger partial charge in [-0.05, 0) is 20.9 Å². The lowest BCUT2D eigenvalue weighted by Crippen LogP contribution is -2.50. The van der Waals surface area contributed by atoms with Gasteiger partial charge in [0.15, 0.2) is 0 Å². The Balaban J connectivity index is 2.15. The van der Waals surface area contributed by atoms with E-state index in [1.165, 1.54) is 0 Å². The predicted octanol–water partition coefficient (Wildman–Crippen LogP) is 0.384. The molecule has 0 aromatic carbocycles. The first-order chi connectivity index (χ1) is 8.11. The summed E-state index contributed by atoms with van der Waals surface area (Å²) >= 11 is 0. The molecular formula is C12H21N5. The highest BCUT2D eigenvalue weighted by atomic mass is 15.3. The van der Waals surface area contributed by atoms with Crippen molar-refractivity contribution in [2.75, 3.05) is 31.6 Å². The Kier molecular flexibility index (Phi) is 3.59. The zero-order chi connectivity index (χ0) is 12.4. The molecule has 2 heterocycles. The second kappa shape index (κ2) is 4.98. The smallest absolute Gasteiger partial charge is 0.225 e. The van der Waals surface area contributed by atoms with Crippen LogP contribution in [0.25, 0.3) is 0 Å². The van der Waals surface area contributed by atoms with E-state index in [-0.39, 0.29) is 0 Å². The Bertz CT molecular complexity index is 392. The summed E-state index contributed by atoms with van der Waals surface area (Å²) in [5, 5.41) is 0. The second-order valence-corrected chi connectivity index (χ2v) is 4.76. The van der Waals surface area contributed by atoms with Gasteiger partial charge in [-0.3, -0.25) is 0 Å². The third kappa shape index (κ3) is 2.56. The third-order valence-corrected chi connectivity index (χ3v) is 3.53. The van der Waals surface area contributed by atoms with Gasteiger partial charge in [-0.15, -0.1) is 0 Å². The summed E-state index contributed by atoms with van der Waals surface area (Å²) in [4.78, 5) is 13.6. The Labute approximate surface area is 103 Å². The molecule has 1 aromatic heterocycles. The van der Waals surface area contributed by atoms with E-state index in [1.807, 2.05) is 13.1 Å². The van der Waals surface area contributed by atoms with E-state index in [2.05, 4.69) is 33.7 Å². The molecule has 2 rings (SSSR count). The zero-order valence-corrected chi connectivity index (χ0v) is 10.8. The van der Waals surface area contributed by atoms with Crippen molar-refractivity contribution in [1.29, 1.82) is 0 Å². The van der Waals surface area contributed by atoms with Crippen molar-refractivity contribution in [1.82, 2.24) is 14.9 Å². The monoisotopic (exact) mass is 235 g/mol. The molecule has 0 aliphatic carbocycles. The minimum Gasteiger partial charge on any atom is -0.338 e. The van der Waals surface area contributed by atoms with Gasteiger partial charge in [0.25, 0.3) is 0 Å². The number of aromatic nitrogens is 2. The van der Waals surface area contributed by atoms with Crippen LogP contribution in [0.4, 0.5) is 5.95 Å². The van der Waals surface area contributed by atoms with Crippen LogP contribution >= 0.6 is 0 Å². The lowest BCUT2D eigenvalue weighted by molar-refractivity contribution is 0.232. The largest absolute Gasteiger partial charge is 0.338 e. The number of nitrogens with zero attached hydrogens (tertiary/aromatic N) is 4. The number of anilines is 1. The molecule has 1 aliphatic rings. The Hall–Kier alpha value is -1.20. The van der Waals surface area contributed by atoms with Crippen LogP contribution in [0.3, 0.4) is 0 Å². The average Bonchev–Trinajstić information content (AvgIpc) is 2.32. The molecule has 94 valence electrons. The number of hydrogen-bond donors (Lipinski definition) is 1. The van der Waals surface area contributed by atoms with Gasteiger partial charge in [0.05, 0.1) is 0 Å². The third-order valence-electron chi connectivity index (χ3n) is 3.53. The van der Waals surface area contributed by atoms with E-state index >= 15 is 0 Å². The minimum absolute atomic E-state index is 0.505. The maximum Gasteiger partial charge on any atom is 0.225 e. The molecule has 0 spiro atoms. The lowest BCUT2D eigenvalue weighted by atomic mass is 10.2. The molecule has 1 atom stereocenters. The van der Waals surface area contributed by atoms with Crippen molar-refractivity contribution in [3.05, 3.63) is 17.5 Å². The molecule has 5 heteroatoms. The quantitative estimate of drug-likeness (QED) is 0.803. The Morgan fingerprint density at radius 3 is 2.82 bits per heavy atom. The topological polar surface area (TPSA) is 58.3 Å². The number of likely N-dealkylation sites (N-methyl/N-ethyl adjacent to an activating group) is 1. The fourth-order valence-electron chi connectivity index (χ4n) is 2.06. The van der Waals surface area contributed by atoms with Crippen molar-refractivity contribution in [2.24, 2.45) is 5.73 Å². The standard InChI is InChI=1S/C12H21N5/c1-9-8-17(5-4-16(9)3)12-14-7-11(6-13)10(2)15-12/h7,9H,4-6,8,13H2,1-3H3. The number of hydrogen-bond acceptors (Lipinski definition) is 5. The number of rotatable bonds is 2. The highest BCUT2D eigenvalue weighted by Crippen LogP contribution is 2.15. The van der Waals surface area contributed by atoms with Crippen LogP contribution in [-0.2, 0) is 6.54 Å². The zero-order valence-electron chi connectivity index (χ0n) is 10.8. The molecule has 17 heavy (non-hydrogen) atoms. The van der Waals surface area contributed by atoms with Crippen LogP contribution in [0, 0.1) is 6.92 Å². The van der Waals surface area contributed by atoms with E-state index < -0.39 is 0 Å². The van der Waals surface area contributed by atoms with Gasteiger partial charge in [0.2, 0.25) is 5.95 Å². The second-order valence-electron chi connectivity index (χ2n) is 4.76. The van der Waals surface area contributed by atoms with Gasteiger partial charge in [0, 0.05) is 49.7 Å². The van der Waals surface area contributed by atoms with Crippen LogP contribution in [0.1, 0.15) is 18.2 Å². The van der Waals surface area contributed by atoms with Gasteiger partial charge >= 0.3 is 0 Å². The van der Waals surface area contributed by atoms with Crippen molar-refractivity contribution in [3.63, 3.8) is 0 Å². The van der Waals surface area contributed by atoms with Gasteiger partial charge < -0.3 is 15.5 Å². The molecule has 2 N–H and O–H groups in total. The molecule has 0 radical (unpaired) electrons. The van der Waals surface area contributed by atoms with Crippen molar-refractivity contribution in [2.45, 2.75) is 26.4 Å². The molecule has 1 aromatic rings. The van der Waals surface area contributed by atoms with E-state index in [4.69, 9.17) is 5.73 Å². The summed E-state index contributed by atoms with van der Waals surface area (Å²) < 4.78 is 0. The van der Waals surface area contributed by atoms with Crippen LogP contribution in [-0.4, -0.2) is 47.6 Å². The summed E-state index contributed by atoms with van der Waals surface area (Å²) in [5.41, 5.74) is 7.63. The van der Waals surface area contributed by atoms with Gasteiger partial charge in [-0.2, -0.15) is 0 Å². The summed E-state index contributed by atoms with van der Waals surface area (Å²) in [6, 6.07) is 0.543. The lowest BCUT2D eigenvalue weighted by Gasteiger charge is -2.37. The summed E-state index contributed by atoms with van der Waals surface area (Å²) in [6.45, 7) is 7.76. The predicted molar refractivity (Wildman–Crippen MR) is 69.0 cm³/mol. The molecule has 1 unspecified atom stereocenters. The van der Waals surface area contributed by atoms with E-state index in [0.717, 1.165) is 36.8 Å². The van der Waals surface area contributed by atoms with E-state index in [1.54, 1.807) is 0 Å². The van der Waals surface area contributed by atoms with Gasteiger partial charge in [-0.25, -0.2) is 9.97 Å². The first-order valence-electron chi connectivity index (χ1n) is 6.09. The average molecular weight is 235 g/mol. The molecule has 0 bridgehead atoms. The first-order valence-corrected chi connectivity index (χ1v) is 6.09. The first kappa shape index (κ1) is 12.3. The molecule has 0 saturated carbocycles. The Morgan fingerprint density at radius 2 is 2.24 bits per heavy atom. The van der Waals surface area contributed by atoms with Crippen LogP contribution < -0.4 is 10.6 Å². The maximum atomic E-state index is 5.62. The molecule has 0 amide bonds. The minimum atomic E-state index is 0.505. The van der Waals surface area contributed by atoms with Gasteiger partial charge in [0.1, 0.15) is 0 Å². The summed E-state index contributed by atoms with van der Waals surface area (Å²) in [6.07, 6.45) is 1.85. The van der Waals surface area contributed by atoms with Crippen LogP contribution in [0.5, 0.6) is 0 Å².